The third kappa shape index (κ3) is 4.46. The van der Waals surface area contributed by atoms with Gasteiger partial charge in [-0.05, 0) is 52.7 Å². The van der Waals surface area contributed by atoms with Crippen LogP contribution in [0.1, 0.15) is 50.9 Å². The van der Waals surface area contributed by atoms with Gasteiger partial charge in [-0.3, -0.25) is 4.79 Å². The van der Waals surface area contributed by atoms with Crippen LogP contribution < -0.4 is 10.6 Å². The number of nitrogens with one attached hydrogen (secondary N) is 2. The first-order valence-corrected chi connectivity index (χ1v) is 7.68. The molecule has 1 fully saturated rings. The first kappa shape index (κ1) is 15.8. The molecule has 1 aliphatic heterocycles. The van der Waals surface area contributed by atoms with E-state index in [4.69, 9.17) is 4.74 Å². The van der Waals surface area contributed by atoms with Crippen LogP contribution in [0, 0.1) is 0 Å². The first-order chi connectivity index (χ1) is 9.87. The van der Waals surface area contributed by atoms with Gasteiger partial charge in [0.2, 0.25) is 0 Å². The molecule has 0 aliphatic carbocycles. The van der Waals surface area contributed by atoms with Gasteiger partial charge in [-0.1, -0.05) is 12.1 Å². The smallest absolute Gasteiger partial charge is 0.253 e. The predicted octanol–water partition coefficient (Wildman–Crippen LogP) is 3.19. The maximum Gasteiger partial charge on any atom is 0.253 e. The van der Waals surface area contributed by atoms with Crippen LogP contribution in [0.2, 0.25) is 0 Å². The van der Waals surface area contributed by atoms with Crippen molar-refractivity contribution in [1.82, 2.24) is 5.32 Å². The number of ether oxygens (including phenoxy) is 1. The number of benzene rings is 1. The highest BCUT2D eigenvalue weighted by atomic mass is 16.5. The van der Waals surface area contributed by atoms with Crippen LogP contribution in [0.4, 0.5) is 5.69 Å². The summed E-state index contributed by atoms with van der Waals surface area (Å²) in [6.45, 7) is 8.97. The van der Waals surface area contributed by atoms with Crippen LogP contribution in [-0.2, 0) is 4.74 Å². The molecule has 0 radical (unpaired) electrons. The van der Waals surface area contributed by atoms with E-state index >= 15 is 0 Å². The zero-order valence-electron chi connectivity index (χ0n) is 13.4. The van der Waals surface area contributed by atoms with E-state index in [0.717, 1.165) is 18.5 Å². The Morgan fingerprint density at radius 1 is 1.33 bits per heavy atom. The van der Waals surface area contributed by atoms with E-state index in [1.165, 1.54) is 0 Å². The number of carbonyl (C=O) groups is 1. The molecule has 21 heavy (non-hydrogen) atoms. The summed E-state index contributed by atoms with van der Waals surface area (Å²) in [5.74, 6) is -0.0125. The topological polar surface area (TPSA) is 50.4 Å². The van der Waals surface area contributed by atoms with Gasteiger partial charge >= 0.3 is 0 Å². The van der Waals surface area contributed by atoms with Gasteiger partial charge in [0.25, 0.3) is 5.91 Å². The Hall–Kier alpha value is -1.55. The van der Waals surface area contributed by atoms with Crippen LogP contribution >= 0.6 is 0 Å². The summed E-state index contributed by atoms with van der Waals surface area (Å²) in [4.78, 5) is 12.5. The standard InChI is InChI=1S/C17H26N2O2/c1-12(2)18-15-8-6-5-7-14(15)16(20)19-13-9-10-21-17(3,4)11-13/h5-8,12-13,18H,9-11H2,1-4H3,(H,19,20). The molecule has 1 aliphatic rings. The molecule has 1 aromatic rings. The lowest BCUT2D eigenvalue weighted by atomic mass is 9.93. The van der Waals surface area contributed by atoms with Crippen molar-refractivity contribution in [3.63, 3.8) is 0 Å². The van der Waals surface area contributed by atoms with Crippen LogP contribution in [-0.4, -0.2) is 30.2 Å². The van der Waals surface area contributed by atoms with Gasteiger partial charge in [0.15, 0.2) is 0 Å². The van der Waals surface area contributed by atoms with E-state index in [1.54, 1.807) is 0 Å². The van der Waals surface area contributed by atoms with E-state index in [9.17, 15) is 4.79 Å². The zero-order chi connectivity index (χ0) is 15.5. The molecule has 2 N–H and O–H groups in total. The minimum atomic E-state index is -0.161. The number of rotatable bonds is 4. The fourth-order valence-corrected chi connectivity index (χ4v) is 2.74. The van der Waals surface area contributed by atoms with Crippen molar-refractivity contribution in [3.8, 4) is 0 Å². The van der Waals surface area contributed by atoms with Crippen LogP contribution in [0.3, 0.4) is 0 Å². The Kier molecular flexibility index (Phi) is 4.88. The Bertz CT molecular complexity index is 497. The summed E-state index contributed by atoms with van der Waals surface area (Å²) in [5.41, 5.74) is 1.43. The van der Waals surface area contributed by atoms with Gasteiger partial charge in [-0.25, -0.2) is 0 Å². The highest BCUT2D eigenvalue weighted by Crippen LogP contribution is 2.24. The van der Waals surface area contributed by atoms with Gasteiger partial charge in [0.05, 0.1) is 11.2 Å². The number of hydrogen-bond donors (Lipinski definition) is 2. The SMILES string of the molecule is CC(C)Nc1ccccc1C(=O)NC1CCOC(C)(C)C1. The van der Waals surface area contributed by atoms with Crippen molar-refractivity contribution in [2.45, 2.75) is 58.2 Å². The third-order valence-electron chi connectivity index (χ3n) is 3.65. The Morgan fingerprint density at radius 2 is 2.05 bits per heavy atom. The lowest BCUT2D eigenvalue weighted by molar-refractivity contribution is -0.0615. The van der Waals surface area contributed by atoms with Gasteiger partial charge in [0, 0.05) is 24.4 Å². The minimum Gasteiger partial charge on any atom is -0.382 e. The number of carbonyl (C=O) groups excluding carboxylic acids is 1. The molecule has 4 heteroatoms. The maximum absolute atomic E-state index is 12.5. The fraction of sp³-hybridized carbons (Fsp3) is 0.588. The molecule has 0 saturated carbocycles. The van der Waals surface area contributed by atoms with Crippen molar-refractivity contribution >= 4 is 11.6 Å². The summed E-state index contributed by atoms with van der Waals surface area (Å²) >= 11 is 0. The maximum atomic E-state index is 12.5. The van der Waals surface area contributed by atoms with E-state index in [0.29, 0.717) is 18.2 Å². The van der Waals surface area contributed by atoms with Crippen LogP contribution in [0.25, 0.3) is 0 Å². The third-order valence-corrected chi connectivity index (χ3v) is 3.65. The van der Waals surface area contributed by atoms with Gasteiger partial charge < -0.3 is 15.4 Å². The summed E-state index contributed by atoms with van der Waals surface area (Å²) in [6.07, 6.45) is 1.72. The molecule has 0 spiro atoms. The molecule has 1 unspecified atom stereocenters. The van der Waals surface area contributed by atoms with Gasteiger partial charge in [0.1, 0.15) is 0 Å². The lowest BCUT2D eigenvalue weighted by Crippen LogP contribution is -2.45. The first-order valence-electron chi connectivity index (χ1n) is 7.68. The molecule has 1 saturated heterocycles. The second-order valence-electron chi connectivity index (χ2n) is 6.62. The molecule has 116 valence electrons. The van der Waals surface area contributed by atoms with E-state index < -0.39 is 0 Å². The predicted molar refractivity (Wildman–Crippen MR) is 85.7 cm³/mol. The molecule has 1 aromatic carbocycles. The van der Waals surface area contributed by atoms with Crippen LogP contribution in [0.15, 0.2) is 24.3 Å². The van der Waals surface area contributed by atoms with E-state index in [-0.39, 0.29) is 17.6 Å². The largest absolute Gasteiger partial charge is 0.382 e. The zero-order valence-corrected chi connectivity index (χ0v) is 13.4. The molecule has 4 nitrogen and oxygen atoms in total. The Balaban J connectivity index is 2.06. The fourth-order valence-electron chi connectivity index (χ4n) is 2.74. The summed E-state index contributed by atoms with van der Waals surface area (Å²) in [6, 6.07) is 8.12. The number of anilines is 1. The Labute approximate surface area is 127 Å². The number of para-hydroxylation sites is 1. The van der Waals surface area contributed by atoms with Crippen molar-refractivity contribution in [1.29, 1.82) is 0 Å². The summed E-state index contributed by atoms with van der Waals surface area (Å²) in [5, 5.41) is 6.47. The molecule has 1 atom stereocenters. The van der Waals surface area contributed by atoms with Crippen molar-refractivity contribution in [2.75, 3.05) is 11.9 Å². The monoisotopic (exact) mass is 290 g/mol. The highest BCUT2D eigenvalue weighted by Gasteiger charge is 2.30. The Morgan fingerprint density at radius 3 is 2.71 bits per heavy atom. The summed E-state index contributed by atoms with van der Waals surface area (Å²) in [7, 11) is 0. The number of hydrogen-bond acceptors (Lipinski definition) is 3. The second kappa shape index (κ2) is 6.48. The quantitative estimate of drug-likeness (QED) is 0.895. The average molecular weight is 290 g/mol. The van der Waals surface area contributed by atoms with Crippen molar-refractivity contribution in [3.05, 3.63) is 29.8 Å². The summed E-state index contributed by atoms with van der Waals surface area (Å²) < 4.78 is 5.70. The minimum absolute atomic E-state index is 0.0125. The normalized spacial score (nSPS) is 21.1. The van der Waals surface area contributed by atoms with Gasteiger partial charge in [-0.2, -0.15) is 0 Å². The van der Waals surface area contributed by atoms with Crippen molar-refractivity contribution < 1.29 is 9.53 Å². The lowest BCUT2D eigenvalue weighted by Gasteiger charge is -2.35. The molecule has 0 aromatic heterocycles. The molecule has 1 heterocycles. The molecule has 0 bridgehead atoms. The van der Waals surface area contributed by atoms with E-state index in [1.807, 2.05) is 24.3 Å². The molecule has 2 rings (SSSR count). The van der Waals surface area contributed by atoms with Crippen molar-refractivity contribution in [2.24, 2.45) is 0 Å². The highest BCUT2D eigenvalue weighted by molar-refractivity contribution is 5.99. The van der Waals surface area contributed by atoms with Gasteiger partial charge in [-0.15, -0.1) is 0 Å². The molecular formula is C17H26N2O2. The second-order valence-corrected chi connectivity index (χ2v) is 6.62. The number of amides is 1. The molecular weight excluding hydrogens is 264 g/mol. The molecule has 1 amide bonds. The average Bonchev–Trinajstić information content (AvgIpc) is 2.37. The van der Waals surface area contributed by atoms with Crippen LogP contribution in [0.5, 0.6) is 0 Å². The van der Waals surface area contributed by atoms with E-state index in [2.05, 4.69) is 38.3 Å².